The fraction of sp³-hybridized carbons (Fsp3) is 0. The van der Waals surface area contributed by atoms with Gasteiger partial charge in [-0.25, -0.2) is 0 Å². The normalized spacial score (nSPS) is 11.1. The maximum Gasteiger partial charge on any atom is 0.195 e. The van der Waals surface area contributed by atoms with Crippen LogP contribution in [0.5, 0.6) is 0 Å². The molecule has 0 radical (unpaired) electrons. The van der Waals surface area contributed by atoms with Gasteiger partial charge in [0.15, 0.2) is 5.43 Å². The second kappa shape index (κ2) is 5.90. The Bertz CT molecular complexity index is 1160. The van der Waals surface area contributed by atoms with Crippen LogP contribution in [0.25, 0.3) is 32.8 Å². The smallest absolute Gasteiger partial charge is 0.195 e. The Labute approximate surface area is 148 Å². The minimum atomic E-state index is -0.0370. The van der Waals surface area contributed by atoms with Crippen LogP contribution in [0.2, 0.25) is 10.0 Å². The van der Waals surface area contributed by atoms with Crippen molar-refractivity contribution in [2.45, 2.75) is 0 Å². The van der Waals surface area contributed by atoms with Gasteiger partial charge in [-0.2, -0.15) is 0 Å². The van der Waals surface area contributed by atoms with Crippen LogP contribution in [-0.2, 0) is 0 Å². The summed E-state index contributed by atoms with van der Waals surface area (Å²) in [6.45, 7) is 0. The molecule has 2 nitrogen and oxygen atoms in total. The highest BCUT2D eigenvalue weighted by Gasteiger charge is 2.08. The summed E-state index contributed by atoms with van der Waals surface area (Å²) in [5.41, 5.74) is 2.21. The molecule has 24 heavy (non-hydrogen) atoms. The summed E-state index contributed by atoms with van der Waals surface area (Å²) >= 11 is 12.2. The molecule has 1 aromatic heterocycles. The lowest BCUT2D eigenvalue weighted by Crippen LogP contribution is -1.99. The van der Waals surface area contributed by atoms with Crippen LogP contribution in [-0.4, -0.2) is 4.98 Å². The first-order valence-corrected chi connectivity index (χ1v) is 8.16. The number of fused-ring (bicyclic) bond motifs is 2. The van der Waals surface area contributed by atoms with Crippen molar-refractivity contribution >= 4 is 44.9 Å². The van der Waals surface area contributed by atoms with E-state index in [0.29, 0.717) is 26.3 Å². The van der Waals surface area contributed by atoms with Gasteiger partial charge < -0.3 is 0 Å². The van der Waals surface area contributed by atoms with Gasteiger partial charge in [-0.15, -0.1) is 0 Å². The Kier molecular flexibility index (Phi) is 3.72. The standard InChI is InChI=1S/C20H11Cl2NO/c21-14-6-7-15(18(22)10-14)13-9-17-19(23-11-13)8-5-12-3-1-2-4-16(12)20(17)24/h1-11H. The van der Waals surface area contributed by atoms with Gasteiger partial charge in [-0.05, 0) is 29.7 Å². The van der Waals surface area contributed by atoms with Gasteiger partial charge in [-0.3, -0.25) is 9.78 Å². The molecule has 0 amide bonds. The van der Waals surface area contributed by atoms with Gasteiger partial charge in [-0.1, -0.05) is 59.6 Å². The van der Waals surface area contributed by atoms with E-state index in [1.165, 1.54) is 0 Å². The number of benzene rings is 2. The molecule has 1 heterocycles. The molecule has 0 unspecified atom stereocenters. The number of rotatable bonds is 1. The van der Waals surface area contributed by atoms with Crippen molar-refractivity contribution in [3.05, 3.63) is 87.1 Å². The zero-order chi connectivity index (χ0) is 16.7. The summed E-state index contributed by atoms with van der Waals surface area (Å²) in [7, 11) is 0. The van der Waals surface area contributed by atoms with Crippen LogP contribution in [0.1, 0.15) is 0 Å². The van der Waals surface area contributed by atoms with Crippen molar-refractivity contribution in [2.75, 3.05) is 0 Å². The molecule has 0 aliphatic rings. The lowest BCUT2D eigenvalue weighted by Gasteiger charge is -2.05. The van der Waals surface area contributed by atoms with E-state index >= 15 is 0 Å². The predicted octanol–water partition coefficient (Wildman–Crippen LogP) is 5.72. The number of aromatic nitrogens is 1. The largest absolute Gasteiger partial charge is 0.289 e. The molecule has 4 aromatic rings. The van der Waals surface area contributed by atoms with E-state index in [2.05, 4.69) is 4.98 Å². The van der Waals surface area contributed by atoms with Crippen LogP contribution in [0.4, 0.5) is 0 Å². The van der Waals surface area contributed by atoms with E-state index in [1.54, 1.807) is 18.3 Å². The van der Waals surface area contributed by atoms with Gasteiger partial charge in [0.25, 0.3) is 0 Å². The van der Waals surface area contributed by atoms with Crippen molar-refractivity contribution in [2.24, 2.45) is 0 Å². The lowest BCUT2D eigenvalue weighted by atomic mass is 10.1. The predicted molar refractivity (Wildman–Crippen MR) is 101 cm³/mol. The SMILES string of the molecule is O=c1c2ccccc2ccc2ncc(-c3ccc(Cl)cc3Cl)cc12. The first kappa shape index (κ1) is 15.1. The average molecular weight is 352 g/mol. The van der Waals surface area contributed by atoms with Gasteiger partial charge in [0.1, 0.15) is 0 Å². The Morgan fingerprint density at radius 3 is 2.50 bits per heavy atom. The number of hydrogen-bond donors (Lipinski definition) is 0. The first-order chi connectivity index (χ1) is 11.6. The van der Waals surface area contributed by atoms with E-state index in [4.69, 9.17) is 23.2 Å². The quantitative estimate of drug-likeness (QED) is 0.438. The van der Waals surface area contributed by atoms with Crippen molar-refractivity contribution in [1.29, 1.82) is 0 Å². The highest BCUT2D eigenvalue weighted by Crippen LogP contribution is 2.31. The second-order valence-electron chi connectivity index (χ2n) is 5.53. The molecule has 3 aromatic carbocycles. The number of halogens is 2. The second-order valence-corrected chi connectivity index (χ2v) is 6.37. The molecular weight excluding hydrogens is 341 g/mol. The molecule has 4 rings (SSSR count). The minimum absolute atomic E-state index is 0.0370. The molecule has 4 heteroatoms. The van der Waals surface area contributed by atoms with Crippen molar-refractivity contribution < 1.29 is 0 Å². The third-order valence-corrected chi connectivity index (χ3v) is 4.58. The monoisotopic (exact) mass is 351 g/mol. The molecule has 0 N–H and O–H groups in total. The van der Waals surface area contributed by atoms with Gasteiger partial charge in [0, 0.05) is 38.1 Å². The average Bonchev–Trinajstić information content (AvgIpc) is 2.73. The first-order valence-electron chi connectivity index (χ1n) is 7.41. The summed E-state index contributed by atoms with van der Waals surface area (Å²) in [5, 5.41) is 3.24. The number of hydrogen-bond acceptors (Lipinski definition) is 2. The van der Waals surface area contributed by atoms with Crippen molar-refractivity contribution in [3.8, 4) is 11.1 Å². The molecule has 0 aliphatic carbocycles. The number of pyridine rings is 1. The summed E-state index contributed by atoms with van der Waals surface area (Å²) in [4.78, 5) is 17.4. The third kappa shape index (κ3) is 2.54. The maximum absolute atomic E-state index is 12.9. The van der Waals surface area contributed by atoms with Crippen LogP contribution in [0.3, 0.4) is 0 Å². The van der Waals surface area contributed by atoms with E-state index in [-0.39, 0.29) is 5.43 Å². The fourth-order valence-electron chi connectivity index (χ4n) is 2.82. The zero-order valence-corrected chi connectivity index (χ0v) is 14.0. The van der Waals surface area contributed by atoms with E-state index in [9.17, 15) is 4.79 Å². The minimum Gasteiger partial charge on any atom is -0.289 e. The van der Waals surface area contributed by atoms with Gasteiger partial charge >= 0.3 is 0 Å². The van der Waals surface area contributed by atoms with Crippen LogP contribution >= 0.6 is 23.2 Å². The Hall–Kier alpha value is -2.42. The molecule has 0 saturated carbocycles. The van der Waals surface area contributed by atoms with Crippen LogP contribution in [0.15, 0.2) is 71.7 Å². The maximum atomic E-state index is 12.9. The summed E-state index contributed by atoms with van der Waals surface area (Å²) in [6.07, 6.45) is 1.72. The number of nitrogens with zero attached hydrogens (tertiary/aromatic N) is 1. The molecule has 0 fully saturated rings. The topological polar surface area (TPSA) is 30.0 Å². The van der Waals surface area contributed by atoms with Gasteiger partial charge in [0.2, 0.25) is 0 Å². The molecule has 0 aliphatic heterocycles. The molecule has 0 saturated heterocycles. The van der Waals surface area contributed by atoms with Crippen molar-refractivity contribution in [1.82, 2.24) is 4.98 Å². The third-order valence-electron chi connectivity index (χ3n) is 4.03. The molecule has 0 atom stereocenters. The summed E-state index contributed by atoms with van der Waals surface area (Å²) in [6, 6.07) is 18.4. The molecular formula is C20H11Cl2NO. The van der Waals surface area contributed by atoms with Crippen LogP contribution < -0.4 is 5.43 Å². The molecule has 0 bridgehead atoms. The molecule has 116 valence electrons. The van der Waals surface area contributed by atoms with Crippen molar-refractivity contribution in [3.63, 3.8) is 0 Å². The van der Waals surface area contributed by atoms with Crippen LogP contribution in [0, 0.1) is 0 Å². The van der Waals surface area contributed by atoms with Gasteiger partial charge in [0.05, 0.1) is 5.52 Å². The Morgan fingerprint density at radius 2 is 1.67 bits per heavy atom. The lowest BCUT2D eigenvalue weighted by molar-refractivity contribution is 1.41. The molecule has 0 spiro atoms. The highest BCUT2D eigenvalue weighted by molar-refractivity contribution is 6.36. The van der Waals surface area contributed by atoms with E-state index < -0.39 is 0 Å². The van der Waals surface area contributed by atoms with E-state index in [1.807, 2.05) is 48.5 Å². The summed E-state index contributed by atoms with van der Waals surface area (Å²) < 4.78 is 0. The highest BCUT2D eigenvalue weighted by atomic mass is 35.5. The summed E-state index contributed by atoms with van der Waals surface area (Å²) in [5.74, 6) is 0. The zero-order valence-electron chi connectivity index (χ0n) is 12.5. The fourth-order valence-corrected chi connectivity index (χ4v) is 3.34. The Morgan fingerprint density at radius 1 is 0.833 bits per heavy atom. The van der Waals surface area contributed by atoms with E-state index in [0.717, 1.165) is 16.5 Å². The Balaban J connectivity index is 2.06.